The number of hydrogen-bond donors (Lipinski definition) is 0. The first-order valence-electron chi connectivity index (χ1n) is 7.30. The minimum absolute atomic E-state index is 0.420. The molecule has 0 amide bonds. The second-order valence-corrected chi connectivity index (χ2v) is 6.28. The van der Waals surface area contributed by atoms with Gasteiger partial charge < -0.3 is 9.15 Å². The smallest absolute Gasteiger partial charge is 0.259 e. The summed E-state index contributed by atoms with van der Waals surface area (Å²) in [6, 6.07) is 15.1. The fourth-order valence-corrected chi connectivity index (χ4v) is 2.33. The molecule has 2 aromatic carbocycles. The molecule has 0 aliphatic heterocycles. The Labute approximate surface area is 140 Å². The van der Waals surface area contributed by atoms with E-state index in [-0.39, 0.29) is 0 Å². The zero-order valence-electron chi connectivity index (χ0n) is 13.2. The van der Waals surface area contributed by atoms with Gasteiger partial charge in [-0.3, -0.25) is 0 Å². The summed E-state index contributed by atoms with van der Waals surface area (Å²) >= 11 is 5.89. The minimum Gasteiger partial charge on any atom is -0.478 e. The second kappa shape index (κ2) is 6.05. The molecule has 3 aromatic rings. The Morgan fingerprint density at radius 3 is 2.48 bits per heavy atom. The van der Waals surface area contributed by atoms with Gasteiger partial charge in [-0.1, -0.05) is 29.3 Å². The van der Waals surface area contributed by atoms with Crippen molar-refractivity contribution in [1.29, 1.82) is 0 Å². The van der Waals surface area contributed by atoms with Crippen molar-refractivity contribution in [2.75, 3.05) is 0 Å². The molecule has 0 saturated heterocycles. The van der Waals surface area contributed by atoms with E-state index in [1.165, 1.54) is 0 Å². The first kappa shape index (κ1) is 15.6. The van der Waals surface area contributed by atoms with E-state index in [4.69, 9.17) is 20.8 Å². The van der Waals surface area contributed by atoms with E-state index >= 15 is 0 Å². The van der Waals surface area contributed by atoms with Crippen molar-refractivity contribution in [1.82, 2.24) is 10.2 Å². The van der Waals surface area contributed by atoms with Gasteiger partial charge in [0.25, 0.3) is 5.89 Å². The Morgan fingerprint density at radius 2 is 1.78 bits per heavy atom. The van der Waals surface area contributed by atoms with Gasteiger partial charge in [0.05, 0.1) is 0 Å². The molecule has 1 aromatic heterocycles. The number of aryl methyl sites for hydroxylation is 1. The number of hydrogen-bond acceptors (Lipinski definition) is 4. The van der Waals surface area contributed by atoms with Crippen LogP contribution in [0.5, 0.6) is 5.75 Å². The highest BCUT2D eigenvalue weighted by Crippen LogP contribution is 2.29. The molecule has 118 valence electrons. The summed E-state index contributed by atoms with van der Waals surface area (Å²) < 4.78 is 11.8. The zero-order valence-corrected chi connectivity index (χ0v) is 14.0. The van der Waals surface area contributed by atoms with Crippen molar-refractivity contribution < 1.29 is 9.15 Å². The van der Waals surface area contributed by atoms with Gasteiger partial charge in [0.15, 0.2) is 5.60 Å². The first-order chi connectivity index (χ1) is 10.9. The highest BCUT2D eigenvalue weighted by Gasteiger charge is 2.30. The Morgan fingerprint density at radius 1 is 1.04 bits per heavy atom. The maximum atomic E-state index is 5.96. The Hall–Kier alpha value is -2.33. The molecule has 0 atom stereocenters. The molecule has 0 N–H and O–H groups in total. The molecule has 0 radical (unpaired) electrons. The zero-order chi connectivity index (χ0) is 16.4. The average Bonchev–Trinajstić information content (AvgIpc) is 3.00. The van der Waals surface area contributed by atoms with E-state index in [0.717, 1.165) is 11.1 Å². The number of nitrogens with zero attached hydrogens (tertiary/aromatic N) is 2. The van der Waals surface area contributed by atoms with Crippen LogP contribution >= 0.6 is 11.6 Å². The topological polar surface area (TPSA) is 48.2 Å². The maximum Gasteiger partial charge on any atom is 0.259 e. The molecule has 5 heteroatoms. The summed E-state index contributed by atoms with van der Waals surface area (Å²) in [6.45, 7) is 5.79. The lowest BCUT2D eigenvalue weighted by molar-refractivity contribution is 0.0770. The van der Waals surface area contributed by atoms with Gasteiger partial charge in [-0.25, -0.2) is 0 Å². The molecule has 0 saturated carbocycles. The lowest BCUT2D eigenvalue weighted by Crippen LogP contribution is -2.25. The summed E-state index contributed by atoms with van der Waals surface area (Å²) in [5.41, 5.74) is 1.29. The molecule has 4 nitrogen and oxygen atoms in total. The molecule has 0 unspecified atom stereocenters. The van der Waals surface area contributed by atoms with Gasteiger partial charge in [-0.05, 0) is 57.2 Å². The predicted molar refractivity (Wildman–Crippen MR) is 89.6 cm³/mol. The highest BCUT2D eigenvalue weighted by atomic mass is 35.5. The number of ether oxygens (including phenoxy) is 1. The predicted octanol–water partition coefficient (Wildman–Crippen LogP) is 5.01. The van der Waals surface area contributed by atoms with Gasteiger partial charge in [0, 0.05) is 10.6 Å². The monoisotopic (exact) mass is 328 g/mol. The number of benzene rings is 2. The van der Waals surface area contributed by atoms with Crippen LogP contribution < -0.4 is 4.74 Å². The average molecular weight is 329 g/mol. The molecular formula is C18H17ClN2O2. The van der Waals surface area contributed by atoms with Crippen LogP contribution in [0.2, 0.25) is 5.02 Å². The SMILES string of the molecule is Cc1cccc(-c2nnc(C(C)(C)Oc3ccc(Cl)cc3)o2)c1. The van der Waals surface area contributed by atoms with Crippen molar-refractivity contribution in [3.8, 4) is 17.2 Å². The fourth-order valence-electron chi connectivity index (χ4n) is 2.20. The van der Waals surface area contributed by atoms with Gasteiger partial charge in [-0.15, -0.1) is 10.2 Å². The van der Waals surface area contributed by atoms with E-state index < -0.39 is 5.60 Å². The van der Waals surface area contributed by atoms with Gasteiger partial charge >= 0.3 is 0 Å². The number of aromatic nitrogens is 2. The van der Waals surface area contributed by atoms with Crippen LogP contribution in [-0.2, 0) is 5.60 Å². The Balaban J connectivity index is 1.84. The lowest BCUT2D eigenvalue weighted by atomic mass is 10.1. The Kier molecular flexibility index (Phi) is 4.09. The number of halogens is 1. The van der Waals surface area contributed by atoms with Crippen molar-refractivity contribution in [2.24, 2.45) is 0 Å². The third kappa shape index (κ3) is 3.54. The van der Waals surface area contributed by atoms with E-state index in [1.807, 2.05) is 57.2 Å². The van der Waals surface area contributed by atoms with E-state index in [2.05, 4.69) is 10.2 Å². The standard InChI is InChI=1S/C18H17ClN2O2/c1-12-5-4-6-13(11-12)16-20-21-17(22-16)18(2,3)23-15-9-7-14(19)8-10-15/h4-11H,1-3H3. The Bertz CT molecular complexity index is 810. The summed E-state index contributed by atoms with van der Waals surface area (Å²) in [5, 5.41) is 8.93. The summed E-state index contributed by atoms with van der Waals surface area (Å²) in [4.78, 5) is 0. The molecule has 0 spiro atoms. The van der Waals surface area contributed by atoms with Gasteiger partial charge in [0.2, 0.25) is 5.89 Å². The quantitative estimate of drug-likeness (QED) is 0.675. The van der Waals surface area contributed by atoms with Crippen LogP contribution in [0.3, 0.4) is 0 Å². The lowest BCUT2D eigenvalue weighted by Gasteiger charge is -2.22. The number of rotatable bonds is 4. The molecule has 0 fully saturated rings. The molecule has 23 heavy (non-hydrogen) atoms. The summed E-state index contributed by atoms with van der Waals surface area (Å²) in [7, 11) is 0. The van der Waals surface area contributed by atoms with E-state index in [1.54, 1.807) is 12.1 Å². The fraction of sp³-hybridized carbons (Fsp3) is 0.222. The van der Waals surface area contributed by atoms with E-state index in [9.17, 15) is 0 Å². The minimum atomic E-state index is -0.747. The van der Waals surface area contributed by atoms with Crippen molar-refractivity contribution in [2.45, 2.75) is 26.4 Å². The molecule has 1 heterocycles. The van der Waals surface area contributed by atoms with Crippen molar-refractivity contribution in [3.63, 3.8) is 0 Å². The highest BCUT2D eigenvalue weighted by molar-refractivity contribution is 6.30. The van der Waals surface area contributed by atoms with Crippen LogP contribution in [-0.4, -0.2) is 10.2 Å². The summed E-state index contributed by atoms with van der Waals surface area (Å²) in [6.07, 6.45) is 0. The molecular weight excluding hydrogens is 312 g/mol. The van der Waals surface area contributed by atoms with Gasteiger partial charge in [-0.2, -0.15) is 0 Å². The van der Waals surface area contributed by atoms with Crippen LogP contribution in [0, 0.1) is 6.92 Å². The van der Waals surface area contributed by atoms with E-state index in [0.29, 0.717) is 22.6 Å². The largest absolute Gasteiger partial charge is 0.478 e. The van der Waals surface area contributed by atoms with Crippen LogP contribution in [0.15, 0.2) is 52.9 Å². The van der Waals surface area contributed by atoms with Crippen molar-refractivity contribution >= 4 is 11.6 Å². The van der Waals surface area contributed by atoms with Crippen LogP contribution in [0.4, 0.5) is 0 Å². The normalized spacial score (nSPS) is 11.5. The van der Waals surface area contributed by atoms with Crippen LogP contribution in [0.1, 0.15) is 25.3 Å². The molecule has 0 bridgehead atoms. The molecule has 0 aliphatic rings. The third-order valence-corrected chi connectivity index (χ3v) is 3.64. The second-order valence-electron chi connectivity index (χ2n) is 5.85. The third-order valence-electron chi connectivity index (χ3n) is 3.39. The van der Waals surface area contributed by atoms with Crippen LogP contribution in [0.25, 0.3) is 11.5 Å². The summed E-state index contributed by atoms with van der Waals surface area (Å²) in [5.74, 6) is 1.59. The maximum absolute atomic E-state index is 5.96. The van der Waals surface area contributed by atoms with Crippen molar-refractivity contribution in [3.05, 3.63) is 65.0 Å². The first-order valence-corrected chi connectivity index (χ1v) is 7.67. The van der Waals surface area contributed by atoms with Gasteiger partial charge in [0.1, 0.15) is 5.75 Å². The molecule has 3 rings (SSSR count). The molecule has 0 aliphatic carbocycles.